The summed E-state index contributed by atoms with van der Waals surface area (Å²) in [6, 6.07) is 5.61. The van der Waals surface area contributed by atoms with Crippen LogP contribution in [0.25, 0.3) is 0 Å². The molecule has 0 aliphatic heterocycles. The number of amides is 4. The van der Waals surface area contributed by atoms with Gasteiger partial charge in [0.2, 0.25) is 0 Å². The molecule has 18 heteroatoms. The summed E-state index contributed by atoms with van der Waals surface area (Å²) in [5.41, 5.74) is 12.1. The molecular formula is C27H32N12O6. The highest BCUT2D eigenvalue weighted by atomic mass is 16.6. The molecule has 18 nitrogen and oxygen atoms in total. The van der Waals surface area contributed by atoms with E-state index in [2.05, 4.69) is 26.3 Å². The Balaban J connectivity index is 1.38. The molecule has 0 atom stereocenters. The molecule has 0 unspecified atom stereocenters. The second-order valence-corrected chi connectivity index (χ2v) is 10.1. The van der Waals surface area contributed by atoms with Crippen molar-refractivity contribution in [1.29, 1.82) is 0 Å². The lowest BCUT2D eigenvalue weighted by Gasteiger charge is -2.04. The van der Waals surface area contributed by atoms with Crippen molar-refractivity contribution >= 4 is 52.3 Å². The van der Waals surface area contributed by atoms with Gasteiger partial charge in [-0.3, -0.25) is 34.3 Å². The van der Waals surface area contributed by atoms with Crippen LogP contribution >= 0.6 is 0 Å². The van der Waals surface area contributed by atoms with E-state index in [1.807, 2.05) is 0 Å². The summed E-state index contributed by atoms with van der Waals surface area (Å²) in [6.45, 7) is 0.444. The highest BCUT2D eigenvalue weighted by Gasteiger charge is 2.21. The first kappa shape index (κ1) is 31.6. The number of guanidine groups is 1. The average Bonchev–Trinajstić information content (AvgIpc) is 3.72. The van der Waals surface area contributed by atoms with Crippen molar-refractivity contribution in [3.05, 3.63) is 81.9 Å². The van der Waals surface area contributed by atoms with Crippen molar-refractivity contribution < 1.29 is 24.1 Å². The summed E-state index contributed by atoms with van der Waals surface area (Å²) in [5, 5.41) is 21.8. The van der Waals surface area contributed by atoms with Crippen LogP contribution in [0.15, 0.2) is 54.0 Å². The minimum atomic E-state index is -0.597. The molecule has 4 amide bonds. The van der Waals surface area contributed by atoms with Crippen LogP contribution in [-0.2, 0) is 28.2 Å². The highest BCUT2D eigenvalue weighted by Crippen LogP contribution is 2.21. The third kappa shape index (κ3) is 7.37. The van der Waals surface area contributed by atoms with Crippen molar-refractivity contribution in [3.63, 3.8) is 0 Å². The molecule has 0 saturated carbocycles. The molecule has 4 rings (SSSR count). The fourth-order valence-electron chi connectivity index (χ4n) is 4.48. The SMILES string of the molecule is Cn1cc(NC(=O)c2cc(NC(=O)c3cc(NC(=O)c4cc([N+](=O)[O-])cn4C)cn3C)cn2C)cc1C(=O)NCCN=C(N)N. The lowest BCUT2D eigenvalue weighted by molar-refractivity contribution is -0.384. The molecule has 45 heavy (non-hydrogen) atoms. The van der Waals surface area contributed by atoms with E-state index in [1.54, 1.807) is 38.1 Å². The van der Waals surface area contributed by atoms with Gasteiger partial charge in [0.1, 0.15) is 22.8 Å². The van der Waals surface area contributed by atoms with Gasteiger partial charge in [-0.05, 0) is 18.2 Å². The maximum absolute atomic E-state index is 13.1. The fourth-order valence-corrected chi connectivity index (χ4v) is 4.48. The van der Waals surface area contributed by atoms with E-state index in [-0.39, 0.29) is 47.7 Å². The van der Waals surface area contributed by atoms with E-state index in [1.165, 1.54) is 51.3 Å². The standard InChI is InChI=1S/C27H32N12O6/c1-35-11-15(7-19(35)23(40)30-5-6-31-27(28)29)32-24(41)20-8-16(12-36(20)2)33-25(42)21-9-17(13-37(21)3)34-26(43)22-10-18(39(44)45)14-38(22)4/h7-14H,5-6H2,1-4H3,(H,30,40)(H,32,41)(H,33,42)(H,34,43)(H4,28,29,31). The second kappa shape index (κ2) is 12.9. The molecule has 0 aliphatic carbocycles. The van der Waals surface area contributed by atoms with Crippen LogP contribution in [0, 0.1) is 10.1 Å². The average molecular weight is 621 g/mol. The first-order valence-electron chi connectivity index (χ1n) is 13.3. The predicted molar refractivity (Wildman–Crippen MR) is 165 cm³/mol. The number of hydrogen-bond acceptors (Lipinski definition) is 7. The van der Waals surface area contributed by atoms with Crippen LogP contribution in [0.4, 0.5) is 22.7 Å². The molecule has 236 valence electrons. The Morgan fingerprint density at radius 1 is 0.689 bits per heavy atom. The van der Waals surface area contributed by atoms with E-state index in [0.29, 0.717) is 22.8 Å². The maximum atomic E-state index is 13.1. The van der Waals surface area contributed by atoms with Gasteiger partial charge in [-0.25, -0.2) is 0 Å². The van der Waals surface area contributed by atoms with Gasteiger partial charge >= 0.3 is 0 Å². The Hall–Kier alpha value is -6.33. The van der Waals surface area contributed by atoms with Gasteiger partial charge in [-0.1, -0.05) is 0 Å². The normalized spacial score (nSPS) is 10.7. The lowest BCUT2D eigenvalue weighted by Crippen LogP contribution is -2.29. The van der Waals surface area contributed by atoms with Crippen molar-refractivity contribution in [2.45, 2.75) is 0 Å². The number of aliphatic imine (C=N–C) groups is 1. The Labute approximate surface area is 255 Å². The van der Waals surface area contributed by atoms with Crippen LogP contribution in [-0.4, -0.2) is 65.9 Å². The summed E-state index contributed by atoms with van der Waals surface area (Å²) in [5.74, 6) is -2.03. The van der Waals surface area contributed by atoms with Gasteiger partial charge in [-0.2, -0.15) is 0 Å². The quantitative estimate of drug-likeness (QED) is 0.0457. The summed E-state index contributed by atoms with van der Waals surface area (Å²) >= 11 is 0. The maximum Gasteiger partial charge on any atom is 0.287 e. The van der Waals surface area contributed by atoms with Crippen molar-refractivity contribution in [3.8, 4) is 0 Å². The van der Waals surface area contributed by atoms with Crippen molar-refractivity contribution in [2.75, 3.05) is 29.0 Å². The zero-order valence-corrected chi connectivity index (χ0v) is 24.8. The fraction of sp³-hybridized carbons (Fsp3) is 0.222. The number of anilines is 3. The van der Waals surface area contributed by atoms with Gasteiger partial charge in [0.15, 0.2) is 5.96 Å². The van der Waals surface area contributed by atoms with Gasteiger partial charge in [-0.15, -0.1) is 0 Å². The van der Waals surface area contributed by atoms with E-state index in [9.17, 15) is 29.3 Å². The smallest absolute Gasteiger partial charge is 0.287 e. The monoisotopic (exact) mass is 620 g/mol. The highest BCUT2D eigenvalue weighted by molar-refractivity contribution is 6.08. The zero-order chi connectivity index (χ0) is 33.0. The van der Waals surface area contributed by atoms with E-state index >= 15 is 0 Å². The molecule has 0 aromatic carbocycles. The number of nitrogens with zero attached hydrogens (tertiary/aromatic N) is 6. The molecule has 4 aromatic heterocycles. The van der Waals surface area contributed by atoms with Gasteiger partial charge in [0.05, 0.1) is 34.7 Å². The van der Waals surface area contributed by atoms with Crippen LogP contribution in [0.3, 0.4) is 0 Å². The number of nitrogens with two attached hydrogens (primary N) is 2. The Morgan fingerprint density at radius 3 is 1.44 bits per heavy atom. The Morgan fingerprint density at radius 2 is 1.07 bits per heavy atom. The van der Waals surface area contributed by atoms with Gasteiger partial charge in [0, 0.05) is 59.4 Å². The Kier molecular flexibility index (Phi) is 9.06. The summed E-state index contributed by atoms with van der Waals surface area (Å²) in [4.78, 5) is 65.5. The van der Waals surface area contributed by atoms with Crippen LogP contribution in [0.5, 0.6) is 0 Å². The first-order valence-corrected chi connectivity index (χ1v) is 13.3. The number of nitro groups is 1. The molecule has 0 spiro atoms. The zero-order valence-electron chi connectivity index (χ0n) is 24.8. The number of rotatable bonds is 11. The number of aryl methyl sites for hydroxylation is 4. The van der Waals surface area contributed by atoms with Crippen LogP contribution < -0.4 is 32.7 Å². The molecular weight excluding hydrogens is 588 g/mol. The topological polar surface area (TPSA) is 244 Å². The number of hydrogen-bond donors (Lipinski definition) is 6. The molecule has 4 aromatic rings. The van der Waals surface area contributed by atoms with E-state index < -0.39 is 22.6 Å². The number of carbonyl (C=O) groups is 4. The second-order valence-electron chi connectivity index (χ2n) is 10.1. The number of aromatic nitrogens is 4. The minimum absolute atomic E-state index is 0.0705. The summed E-state index contributed by atoms with van der Waals surface area (Å²) < 4.78 is 5.92. The van der Waals surface area contributed by atoms with Crippen LogP contribution in [0.1, 0.15) is 42.0 Å². The predicted octanol–water partition coefficient (Wildman–Crippen LogP) is 0.709. The molecule has 4 heterocycles. The molecule has 0 saturated heterocycles. The minimum Gasteiger partial charge on any atom is -0.370 e. The molecule has 0 fully saturated rings. The third-order valence-corrected chi connectivity index (χ3v) is 6.61. The third-order valence-electron chi connectivity index (χ3n) is 6.61. The van der Waals surface area contributed by atoms with Gasteiger partial charge in [0.25, 0.3) is 29.3 Å². The van der Waals surface area contributed by atoms with Crippen LogP contribution in [0.2, 0.25) is 0 Å². The number of carbonyl (C=O) groups excluding carboxylic acids is 4. The van der Waals surface area contributed by atoms with Gasteiger partial charge < -0.3 is 51.0 Å². The summed E-state index contributed by atoms with van der Waals surface area (Å²) in [7, 11) is 6.41. The lowest BCUT2D eigenvalue weighted by atomic mass is 10.3. The Bertz CT molecular complexity index is 1840. The molecule has 0 aliphatic rings. The first-order chi connectivity index (χ1) is 21.2. The molecule has 0 bridgehead atoms. The molecule has 8 N–H and O–H groups in total. The summed E-state index contributed by atoms with van der Waals surface area (Å²) in [6.07, 6.45) is 5.89. The van der Waals surface area contributed by atoms with Crippen molar-refractivity contribution in [1.82, 2.24) is 23.6 Å². The van der Waals surface area contributed by atoms with E-state index in [0.717, 1.165) is 6.07 Å². The van der Waals surface area contributed by atoms with E-state index in [4.69, 9.17) is 11.5 Å². The molecule has 0 radical (unpaired) electrons. The number of nitrogens with one attached hydrogen (secondary N) is 4. The van der Waals surface area contributed by atoms with Crippen molar-refractivity contribution in [2.24, 2.45) is 44.7 Å². The largest absolute Gasteiger partial charge is 0.370 e.